The van der Waals surface area contributed by atoms with Gasteiger partial charge < -0.3 is 15.2 Å². The van der Waals surface area contributed by atoms with E-state index in [1.54, 1.807) is 6.07 Å². The Kier molecular flexibility index (Phi) is 3.41. The van der Waals surface area contributed by atoms with Crippen LogP contribution in [0, 0.1) is 17.8 Å². The smallest absolute Gasteiger partial charge is 0.335 e. The van der Waals surface area contributed by atoms with Crippen molar-refractivity contribution in [2.45, 2.75) is 12.8 Å². The van der Waals surface area contributed by atoms with Crippen LogP contribution in [0.3, 0.4) is 0 Å². The largest absolute Gasteiger partial charge is 0.495 e. The Hall–Kier alpha value is -2.30. The zero-order valence-corrected chi connectivity index (χ0v) is 11.7. The lowest BCUT2D eigenvalue weighted by Gasteiger charge is -2.18. The quantitative estimate of drug-likeness (QED) is 0.834. The number of hydrogen-bond donors (Lipinski definition) is 2. The number of carbonyl (C=O) groups is 2. The third-order valence-electron chi connectivity index (χ3n) is 4.32. The van der Waals surface area contributed by atoms with E-state index in [9.17, 15) is 9.59 Å². The van der Waals surface area contributed by atoms with Crippen LogP contribution in [0.15, 0.2) is 30.4 Å². The normalized spacial score (nSPS) is 25.9. The lowest BCUT2D eigenvalue weighted by Crippen LogP contribution is -2.26. The minimum Gasteiger partial charge on any atom is -0.495 e. The molecule has 5 nitrogen and oxygen atoms in total. The topological polar surface area (TPSA) is 75.6 Å². The van der Waals surface area contributed by atoms with Crippen LogP contribution in [0.1, 0.15) is 23.2 Å². The predicted octanol–water partition coefficient (Wildman–Crippen LogP) is 2.54. The van der Waals surface area contributed by atoms with Gasteiger partial charge in [0, 0.05) is 5.92 Å². The van der Waals surface area contributed by atoms with Gasteiger partial charge in [0.25, 0.3) is 0 Å². The van der Waals surface area contributed by atoms with Gasteiger partial charge in [0.1, 0.15) is 5.75 Å². The van der Waals surface area contributed by atoms with Crippen LogP contribution in [0.2, 0.25) is 0 Å². The molecule has 1 amide bonds. The summed E-state index contributed by atoms with van der Waals surface area (Å²) in [5, 5.41) is 11.8. The molecule has 0 heterocycles. The van der Waals surface area contributed by atoms with Crippen LogP contribution >= 0.6 is 0 Å². The molecule has 2 aliphatic rings. The fourth-order valence-corrected chi connectivity index (χ4v) is 3.24. The summed E-state index contributed by atoms with van der Waals surface area (Å²) in [5.41, 5.74) is 0.645. The molecule has 0 aliphatic heterocycles. The highest BCUT2D eigenvalue weighted by Crippen LogP contribution is 2.44. The first kappa shape index (κ1) is 13.7. The molecule has 3 rings (SSSR count). The van der Waals surface area contributed by atoms with Gasteiger partial charge in [-0.25, -0.2) is 4.79 Å². The van der Waals surface area contributed by atoms with Gasteiger partial charge in [0.15, 0.2) is 0 Å². The average molecular weight is 287 g/mol. The number of rotatable bonds is 4. The van der Waals surface area contributed by atoms with Crippen molar-refractivity contribution in [2.75, 3.05) is 12.4 Å². The molecular weight excluding hydrogens is 270 g/mol. The summed E-state index contributed by atoms with van der Waals surface area (Å²) in [6, 6.07) is 4.45. The first-order valence-electron chi connectivity index (χ1n) is 6.99. The molecule has 1 saturated carbocycles. The molecule has 2 bridgehead atoms. The van der Waals surface area contributed by atoms with Gasteiger partial charge in [0.05, 0.1) is 18.4 Å². The van der Waals surface area contributed by atoms with E-state index >= 15 is 0 Å². The van der Waals surface area contributed by atoms with E-state index in [1.165, 1.54) is 19.2 Å². The highest BCUT2D eigenvalue weighted by molar-refractivity contribution is 5.96. The molecule has 110 valence electrons. The van der Waals surface area contributed by atoms with Gasteiger partial charge in [-0.15, -0.1) is 0 Å². The standard InChI is InChI=1S/C16H17NO4/c1-21-14-8-11(16(19)20)4-5-13(14)17-15(18)12-7-9-2-3-10(12)6-9/h2-5,8-10,12H,6-7H2,1H3,(H,17,18)(H,19,20). The van der Waals surface area contributed by atoms with Gasteiger partial charge in [-0.2, -0.15) is 0 Å². The zero-order valence-electron chi connectivity index (χ0n) is 11.7. The molecule has 3 unspecified atom stereocenters. The minimum atomic E-state index is -1.02. The molecule has 0 radical (unpaired) electrons. The van der Waals surface area contributed by atoms with E-state index in [0.717, 1.165) is 12.8 Å². The second-order valence-electron chi connectivity index (χ2n) is 5.60. The van der Waals surface area contributed by atoms with Gasteiger partial charge in [0.2, 0.25) is 5.91 Å². The van der Waals surface area contributed by atoms with Crippen LogP contribution in [-0.2, 0) is 4.79 Å². The first-order valence-corrected chi connectivity index (χ1v) is 6.99. The Morgan fingerprint density at radius 1 is 1.29 bits per heavy atom. The highest BCUT2D eigenvalue weighted by atomic mass is 16.5. The minimum absolute atomic E-state index is 0.00357. The number of benzene rings is 1. The molecule has 1 aromatic carbocycles. The fourth-order valence-electron chi connectivity index (χ4n) is 3.24. The maximum atomic E-state index is 12.4. The number of fused-ring (bicyclic) bond motifs is 2. The van der Waals surface area contributed by atoms with E-state index in [0.29, 0.717) is 23.3 Å². The molecule has 0 spiro atoms. The number of carboxylic acids is 1. The van der Waals surface area contributed by atoms with Crippen molar-refractivity contribution in [3.8, 4) is 5.75 Å². The van der Waals surface area contributed by atoms with Crippen LogP contribution in [0.5, 0.6) is 5.75 Å². The SMILES string of the molecule is COc1cc(C(=O)O)ccc1NC(=O)C1CC2C=CC1C2. The Bertz CT molecular complexity index is 623. The molecule has 0 saturated heterocycles. The van der Waals surface area contributed by atoms with Crippen molar-refractivity contribution >= 4 is 17.6 Å². The number of hydrogen-bond acceptors (Lipinski definition) is 3. The van der Waals surface area contributed by atoms with Gasteiger partial charge in [-0.1, -0.05) is 12.2 Å². The Balaban J connectivity index is 1.76. The molecule has 3 atom stereocenters. The number of ether oxygens (including phenoxy) is 1. The zero-order chi connectivity index (χ0) is 15.0. The summed E-state index contributed by atoms with van der Waals surface area (Å²) in [5.74, 6) is 0.185. The van der Waals surface area contributed by atoms with Crippen LogP contribution in [-0.4, -0.2) is 24.1 Å². The summed E-state index contributed by atoms with van der Waals surface area (Å²) in [7, 11) is 1.46. The van der Waals surface area contributed by atoms with Gasteiger partial charge in [-0.05, 0) is 42.9 Å². The first-order chi connectivity index (χ1) is 10.1. The van der Waals surface area contributed by atoms with Gasteiger partial charge in [-0.3, -0.25) is 4.79 Å². The predicted molar refractivity (Wildman–Crippen MR) is 77.4 cm³/mol. The van der Waals surface area contributed by atoms with E-state index in [1.807, 2.05) is 0 Å². The Morgan fingerprint density at radius 2 is 2.10 bits per heavy atom. The molecule has 1 fully saturated rings. The van der Waals surface area contributed by atoms with Crippen LogP contribution < -0.4 is 10.1 Å². The van der Waals surface area contributed by atoms with E-state index in [-0.39, 0.29) is 17.4 Å². The maximum absolute atomic E-state index is 12.4. The number of allylic oxidation sites excluding steroid dienone is 2. The second kappa shape index (κ2) is 5.24. The maximum Gasteiger partial charge on any atom is 0.335 e. The number of carboxylic acid groups (broad SMARTS) is 1. The molecule has 2 aliphatic carbocycles. The van der Waals surface area contributed by atoms with E-state index in [4.69, 9.17) is 9.84 Å². The van der Waals surface area contributed by atoms with Gasteiger partial charge >= 0.3 is 5.97 Å². The third-order valence-corrected chi connectivity index (χ3v) is 4.32. The molecule has 2 N–H and O–H groups in total. The van der Waals surface area contributed by atoms with Crippen molar-refractivity contribution in [3.63, 3.8) is 0 Å². The molecular formula is C16H17NO4. The summed E-state index contributed by atoms with van der Waals surface area (Å²) in [6.45, 7) is 0. The number of amides is 1. The summed E-state index contributed by atoms with van der Waals surface area (Å²) in [6.07, 6.45) is 6.27. The lowest BCUT2D eigenvalue weighted by atomic mass is 9.93. The second-order valence-corrected chi connectivity index (χ2v) is 5.60. The van der Waals surface area contributed by atoms with Crippen molar-refractivity contribution in [1.29, 1.82) is 0 Å². The number of aromatic carboxylic acids is 1. The summed E-state index contributed by atoms with van der Waals surface area (Å²) < 4.78 is 5.17. The number of carbonyl (C=O) groups excluding carboxylic acids is 1. The summed E-state index contributed by atoms with van der Waals surface area (Å²) >= 11 is 0. The Labute approximate surface area is 122 Å². The molecule has 0 aromatic heterocycles. The fraction of sp³-hybridized carbons (Fsp3) is 0.375. The van der Waals surface area contributed by atoms with Crippen molar-refractivity contribution < 1.29 is 19.4 Å². The third kappa shape index (κ3) is 2.51. The highest BCUT2D eigenvalue weighted by Gasteiger charge is 2.39. The number of nitrogens with one attached hydrogen (secondary N) is 1. The number of anilines is 1. The van der Waals surface area contributed by atoms with Crippen LogP contribution in [0.4, 0.5) is 5.69 Å². The van der Waals surface area contributed by atoms with Crippen molar-refractivity contribution in [1.82, 2.24) is 0 Å². The lowest BCUT2D eigenvalue weighted by molar-refractivity contribution is -0.120. The van der Waals surface area contributed by atoms with Crippen molar-refractivity contribution in [2.24, 2.45) is 17.8 Å². The molecule has 21 heavy (non-hydrogen) atoms. The monoisotopic (exact) mass is 287 g/mol. The van der Waals surface area contributed by atoms with E-state index in [2.05, 4.69) is 17.5 Å². The average Bonchev–Trinajstić information content (AvgIpc) is 3.10. The molecule has 1 aromatic rings. The van der Waals surface area contributed by atoms with Crippen molar-refractivity contribution in [3.05, 3.63) is 35.9 Å². The Morgan fingerprint density at radius 3 is 2.67 bits per heavy atom. The summed E-state index contributed by atoms with van der Waals surface area (Å²) in [4.78, 5) is 23.3. The molecule has 5 heteroatoms. The van der Waals surface area contributed by atoms with E-state index < -0.39 is 5.97 Å². The van der Waals surface area contributed by atoms with Crippen LogP contribution in [0.25, 0.3) is 0 Å². The number of methoxy groups -OCH3 is 1.